The SMILES string of the molecule is C[C@@H]1CN(c2c(F)c(F)c(CCC3CCC(CS(=O)(=O)C(C)(C)C)CC3)c(F)c2F)C[C@H](C)O1. The van der Waals surface area contributed by atoms with Crippen molar-refractivity contribution in [3.05, 3.63) is 28.8 Å². The molecule has 1 heterocycles. The Hall–Kier alpha value is -1.35. The van der Waals surface area contributed by atoms with Gasteiger partial charge in [-0.15, -0.1) is 0 Å². The Bertz CT molecular complexity index is 946. The standard InChI is InChI=1S/C25H37F4NO3S/c1-15-12-30(13-16(2)33-15)24-22(28)20(26)19(21(27)23(24)29)11-10-17-6-8-18(9-7-17)14-34(31,32)25(3,4)5/h15-18H,6-14H2,1-5H3/t15-,16+,17?,18?. The molecule has 0 bridgehead atoms. The Morgan fingerprint density at radius 3 is 1.79 bits per heavy atom. The maximum absolute atomic E-state index is 14.9. The van der Waals surface area contributed by atoms with E-state index in [1.165, 1.54) is 4.90 Å². The summed E-state index contributed by atoms with van der Waals surface area (Å²) in [5.41, 5.74) is -1.22. The molecule has 0 N–H and O–H groups in total. The van der Waals surface area contributed by atoms with Crippen molar-refractivity contribution in [3.8, 4) is 0 Å². The lowest BCUT2D eigenvalue weighted by Gasteiger charge is -2.37. The second kappa shape index (κ2) is 10.3. The van der Waals surface area contributed by atoms with Gasteiger partial charge in [-0.2, -0.15) is 0 Å². The van der Waals surface area contributed by atoms with Crippen LogP contribution in [0, 0.1) is 35.1 Å². The molecule has 4 nitrogen and oxygen atoms in total. The summed E-state index contributed by atoms with van der Waals surface area (Å²) in [6, 6.07) is 0. The van der Waals surface area contributed by atoms with Crippen molar-refractivity contribution in [3.63, 3.8) is 0 Å². The Morgan fingerprint density at radius 1 is 0.853 bits per heavy atom. The minimum Gasteiger partial charge on any atom is -0.372 e. The summed E-state index contributed by atoms with van der Waals surface area (Å²) < 4.78 is 89.2. The van der Waals surface area contributed by atoms with E-state index >= 15 is 0 Å². The quantitative estimate of drug-likeness (QED) is 0.360. The first-order valence-corrected chi connectivity index (χ1v) is 13.8. The van der Waals surface area contributed by atoms with E-state index < -0.39 is 49.1 Å². The van der Waals surface area contributed by atoms with Crippen molar-refractivity contribution in [2.45, 2.75) is 90.1 Å². The van der Waals surface area contributed by atoms with E-state index in [-0.39, 0.29) is 49.3 Å². The molecule has 34 heavy (non-hydrogen) atoms. The zero-order valence-corrected chi connectivity index (χ0v) is 21.6. The highest BCUT2D eigenvalue weighted by Gasteiger charge is 2.35. The van der Waals surface area contributed by atoms with Crippen LogP contribution < -0.4 is 4.90 Å². The van der Waals surface area contributed by atoms with Crippen LogP contribution in [0.25, 0.3) is 0 Å². The third kappa shape index (κ3) is 5.89. The van der Waals surface area contributed by atoms with E-state index in [0.29, 0.717) is 6.42 Å². The molecule has 2 atom stereocenters. The molecule has 1 aliphatic carbocycles. The van der Waals surface area contributed by atoms with Gasteiger partial charge in [0.2, 0.25) is 0 Å². The normalized spacial score (nSPS) is 26.7. The number of morpholine rings is 1. The topological polar surface area (TPSA) is 46.6 Å². The first-order valence-electron chi connectivity index (χ1n) is 12.2. The predicted molar refractivity (Wildman–Crippen MR) is 126 cm³/mol. The molecule has 194 valence electrons. The second-order valence-electron chi connectivity index (χ2n) is 11.1. The number of sulfone groups is 1. The van der Waals surface area contributed by atoms with E-state index in [9.17, 15) is 26.0 Å². The lowest BCUT2D eigenvalue weighted by molar-refractivity contribution is -0.00567. The first-order chi connectivity index (χ1) is 15.7. The molecule has 0 unspecified atom stereocenters. The van der Waals surface area contributed by atoms with Gasteiger partial charge in [0.1, 0.15) is 5.69 Å². The van der Waals surface area contributed by atoms with Crippen LogP contribution in [-0.2, 0) is 21.0 Å². The van der Waals surface area contributed by atoms with Gasteiger partial charge in [-0.3, -0.25) is 0 Å². The number of rotatable bonds is 6. The fraction of sp³-hybridized carbons (Fsp3) is 0.760. The molecule has 2 aliphatic rings. The number of hydrogen-bond acceptors (Lipinski definition) is 4. The van der Waals surface area contributed by atoms with Gasteiger partial charge in [-0.1, -0.05) is 12.8 Å². The summed E-state index contributed by atoms with van der Waals surface area (Å²) in [4.78, 5) is 1.31. The van der Waals surface area contributed by atoms with Crippen LogP contribution in [0.15, 0.2) is 0 Å². The molecule has 0 amide bonds. The van der Waals surface area contributed by atoms with Crippen molar-refractivity contribution in [2.75, 3.05) is 23.7 Å². The molecule has 3 rings (SSSR count). The number of anilines is 1. The number of hydrogen-bond donors (Lipinski definition) is 0. The predicted octanol–water partition coefficient (Wildman–Crippen LogP) is 5.81. The van der Waals surface area contributed by atoms with E-state index in [2.05, 4.69) is 0 Å². The summed E-state index contributed by atoms with van der Waals surface area (Å²) >= 11 is 0. The van der Waals surface area contributed by atoms with Gasteiger partial charge in [0.25, 0.3) is 0 Å². The smallest absolute Gasteiger partial charge is 0.185 e. The van der Waals surface area contributed by atoms with Gasteiger partial charge in [-0.25, -0.2) is 26.0 Å². The summed E-state index contributed by atoms with van der Waals surface area (Å²) in [7, 11) is -3.21. The average Bonchev–Trinajstić information content (AvgIpc) is 2.72. The summed E-state index contributed by atoms with van der Waals surface area (Å²) in [6.07, 6.45) is 2.58. The number of benzene rings is 1. The molecule has 9 heteroatoms. The highest BCUT2D eigenvalue weighted by atomic mass is 32.2. The van der Waals surface area contributed by atoms with Crippen LogP contribution >= 0.6 is 0 Å². The van der Waals surface area contributed by atoms with E-state index in [0.717, 1.165) is 25.7 Å². The third-order valence-corrected chi connectivity index (χ3v) is 10.0. The Labute approximate surface area is 201 Å². The summed E-state index contributed by atoms with van der Waals surface area (Å²) in [5.74, 6) is -5.02. The Balaban J connectivity index is 1.65. The van der Waals surface area contributed by atoms with Crippen molar-refractivity contribution < 1.29 is 30.7 Å². The zero-order valence-electron chi connectivity index (χ0n) is 20.8. The molecule has 0 aromatic heterocycles. The van der Waals surface area contributed by atoms with E-state index in [1.54, 1.807) is 34.6 Å². The van der Waals surface area contributed by atoms with Crippen LogP contribution in [0.2, 0.25) is 0 Å². The summed E-state index contributed by atoms with van der Waals surface area (Å²) in [6.45, 7) is 8.86. The third-order valence-electron chi connectivity index (χ3n) is 7.22. The van der Waals surface area contributed by atoms with Crippen LogP contribution in [0.5, 0.6) is 0 Å². The summed E-state index contributed by atoms with van der Waals surface area (Å²) in [5, 5.41) is 0. The average molecular weight is 508 g/mol. The van der Waals surface area contributed by atoms with E-state index in [1.807, 2.05) is 0 Å². The van der Waals surface area contributed by atoms with Crippen molar-refractivity contribution in [2.24, 2.45) is 11.8 Å². The lowest BCUT2D eigenvalue weighted by atomic mass is 9.80. The molecule has 1 saturated carbocycles. The first kappa shape index (κ1) is 27.2. The molecular formula is C25H37F4NO3S. The number of ether oxygens (including phenoxy) is 1. The van der Waals surface area contributed by atoms with Gasteiger partial charge in [0.05, 0.1) is 22.7 Å². The van der Waals surface area contributed by atoms with Crippen molar-refractivity contribution >= 4 is 15.5 Å². The highest BCUT2D eigenvalue weighted by molar-refractivity contribution is 7.92. The molecular weight excluding hydrogens is 470 g/mol. The maximum Gasteiger partial charge on any atom is 0.185 e. The lowest BCUT2D eigenvalue weighted by Crippen LogP contribution is -2.46. The Morgan fingerprint density at radius 2 is 1.32 bits per heavy atom. The highest BCUT2D eigenvalue weighted by Crippen LogP contribution is 2.37. The van der Waals surface area contributed by atoms with Crippen LogP contribution in [0.3, 0.4) is 0 Å². The van der Waals surface area contributed by atoms with Gasteiger partial charge >= 0.3 is 0 Å². The number of nitrogens with zero attached hydrogens (tertiary/aromatic N) is 1. The molecule has 1 aliphatic heterocycles. The largest absolute Gasteiger partial charge is 0.372 e. The molecule has 0 spiro atoms. The Kier molecular flexibility index (Phi) is 8.28. The molecule has 2 fully saturated rings. The van der Waals surface area contributed by atoms with Gasteiger partial charge in [0, 0.05) is 18.7 Å². The molecule has 1 saturated heterocycles. The minimum absolute atomic E-state index is 0.0708. The van der Waals surface area contributed by atoms with Gasteiger partial charge in [-0.05, 0) is 72.1 Å². The van der Waals surface area contributed by atoms with Crippen molar-refractivity contribution in [1.29, 1.82) is 0 Å². The van der Waals surface area contributed by atoms with Gasteiger partial charge < -0.3 is 9.64 Å². The van der Waals surface area contributed by atoms with Crippen molar-refractivity contribution in [1.82, 2.24) is 0 Å². The zero-order chi connectivity index (χ0) is 25.4. The van der Waals surface area contributed by atoms with Gasteiger partial charge in [0.15, 0.2) is 33.1 Å². The minimum atomic E-state index is -3.21. The molecule has 1 aromatic carbocycles. The fourth-order valence-electron chi connectivity index (χ4n) is 5.12. The monoisotopic (exact) mass is 507 g/mol. The fourth-order valence-corrected chi connectivity index (χ4v) is 6.57. The van der Waals surface area contributed by atoms with Crippen LogP contribution in [-0.4, -0.2) is 44.2 Å². The van der Waals surface area contributed by atoms with Crippen LogP contribution in [0.1, 0.15) is 72.3 Å². The van der Waals surface area contributed by atoms with Crippen LogP contribution in [0.4, 0.5) is 23.2 Å². The second-order valence-corrected chi connectivity index (χ2v) is 13.9. The maximum atomic E-state index is 14.9. The number of halogens is 4. The van der Waals surface area contributed by atoms with E-state index in [4.69, 9.17) is 4.74 Å². The molecule has 1 aromatic rings. The molecule has 0 radical (unpaired) electrons.